The number of nitrogens with two attached hydrogens (primary N) is 1. The summed E-state index contributed by atoms with van der Waals surface area (Å²) in [6, 6.07) is 8.72. The van der Waals surface area contributed by atoms with Gasteiger partial charge in [0.1, 0.15) is 6.04 Å². The Bertz CT molecular complexity index is 337. The average molecular weight is 271 g/mol. The van der Waals surface area contributed by atoms with Crippen LogP contribution in [0.1, 0.15) is 33.3 Å². The minimum absolute atomic E-state index is 0.224. The first-order valence-electron chi connectivity index (χ1n) is 6.20. The van der Waals surface area contributed by atoms with Crippen molar-refractivity contribution < 1.29 is 4.74 Å². The van der Waals surface area contributed by atoms with Crippen molar-refractivity contribution in [2.75, 3.05) is 6.61 Å². The van der Waals surface area contributed by atoms with Crippen LogP contribution in [0.25, 0.3) is 0 Å². The number of ether oxygens (including phenoxy) is 1. The summed E-state index contributed by atoms with van der Waals surface area (Å²) < 4.78 is 5.22. The fourth-order valence-electron chi connectivity index (χ4n) is 0.949. The Morgan fingerprint density at radius 2 is 1.83 bits per heavy atom. The van der Waals surface area contributed by atoms with Gasteiger partial charge in [-0.25, -0.2) is 0 Å². The number of rotatable bonds is 4. The Hall–Kier alpha value is -1.08. The zero-order valence-electron chi connectivity index (χ0n) is 11.6. The maximum Gasteiger partial charge on any atom is 0.116 e. The first-order chi connectivity index (χ1) is 8.74. The van der Waals surface area contributed by atoms with E-state index >= 15 is 0 Å². The molecule has 0 bridgehead atoms. The molecule has 1 atom stereocenters. The highest BCUT2D eigenvalue weighted by atomic mass is 35.5. The van der Waals surface area contributed by atoms with E-state index in [2.05, 4.69) is 0 Å². The molecule has 1 aromatic carbocycles. The van der Waals surface area contributed by atoms with Crippen molar-refractivity contribution in [3.63, 3.8) is 0 Å². The molecule has 0 amide bonds. The van der Waals surface area contributed by atoms with Gasteiger partial charge >= 0.3 is 0 Å². The van der Waals surface area contributed by atoms with Gasteiger partial charge in [-0.05, 0) is 11.6 Å². The molecule has 0 spiro atoms. The van der Waals surface area contributed by atoms with Crippen molar-refractivity contribution in [2.45, 2.75) is 40.3 Å². The Kier molecular flexibility index (Phi) is 15.0. The monoisotopic (exact) mass is 270 g/mol. The van der Waals surface area contributed by atoms with E-state index in [4.69, 9.17) is 27.3 Å². The van der Waals surface area contributed by atoms with E-state index in [1.54, 1.807) is 6.07 Å². The minimum Gasteiger partial charge on any atom is -0.374 e. The molecule has 102 valence electrons. The van der Waals surface area contributed by atoms with E-state index in [1.807, 2.05) is 52.0 Å². The summed E-state index contributed by atoms with van der Waals surface area (Å²) >= 11 is 5.90. The van der Waals surface area contributed by atoms with Crippen molar-refractivity contribution >= 4 is 11.6 Å². The molecule has 2 N–H and O–H groups in total. The summed E-state index contributed by atoms with van der Waals surface area (Å²) in [5.74, 6) is 0. The molecular weight excluding hydrogens is 248 g/mol. The molecule has 1 unspecified atom stereocenters. The number of nitriles is 1. The smallest absolute Gasteiger partial charge is 0.116 e. The Balaban J connectivity index is 0. The van der Waals surface area contributed by atoms with E-state index in [9.17, 15) is 0 Å². The van der Waals surface area contributed by atoms with Crippen molar-refractivity contribution in [1.82, 2.24) is 0 Å². The largest absolute Gasteiger partial charge is 0.374 e. The van der Waals surface area contributed by atoms with Crippen molar-refractivity contribution in [1.29, 1.82) is 5.26 Å². The fraction of sp³-hybridized carbons (Fsp3) is 0.500. The Morgan fingerprint density at radius 1 is 1.28 bits per heavy atom. The summed E-state index contributed by atoms with van der Waals surface area (Å²) in [5, 5.41) is 9.07. The molecule has 3 nitrogen and oxygen atoms in total. The van der Waals surface area contributed by atoms with Gasteiger partial charge in [-0.3, -0.25) is 0 Å². The third kappa shape index (κ3) is 9.00. The topological polar surface area (TPSA) is 59.0 Å². The summed E-state index contributed by atoms with van der Waals surface area (Å²) in [5.41, 5.74) is 6.26. The van der Waals surface area contributed by atoms with Crippen LogP contribution in [-0.2, 0) is 11.3 Å². The number of nitrogens with zero attached hydrogens (tertiary/aromatic N) is 1. The van der Waals surface area contributed by atoms with Crippen LogP contribution in [0.2, 0.25) is 5.02 Å². The Morgan fingerprint density at radius 3 is 2.33 bits per heavy atom. The lowest BCUT2D eigenvalue weighted by Crippen LogP contribution is -2.23. The molecule has 0 aliphatic heterocycles. The number of hydrogen-bond acceptors (Lipinski definition) is 3. The number of hydrogen-bond donors (Lipinski definition) is 1. The van der Waals surface area contributed by atoms with Gasteiger partial charge < -0.3 is 10.5 Å². The summed E-state index contributed by atoms with van der Waals surface area (Å²) in [7, 11) is 0. The van der Waals surface area contributed by atoms with Crippen LogP contribution in [0.3, 0.4) is 0 Å². The average Bonchev–Trinajstić information content (AvgIpc) is 2.45. The van der Waals surface area contributed by atoms with Gasteiger partial charge in [-0.2, -0.15) is 5.26 Å². The molecule has 0 aliphatic carbocycles. The third-order valence-corrected chi connectivity index (χ3v) is 2.05. The highest BCUT2D eigenvalue weighted by Gasteiger charge is 2.02. The van der Waals surface area contributed by atoms with Crippen LogP contribution in [0.15, 0.2) is 24.3 Å². The molecule has 0 aliphatic rings. The van der Waals surface area contributed by atoms with Gasteiger partial charge in [-0.15, -0.1) is 0 Å². The predicted octanol–water partition coefficient (Wildman–Crippen LogP) is 3.76. The number of halogens is 1. The van der Waals surface area contributed by atoms with E-state index in [1.165, 1.54) is 0 Å². The maximum absolute atomic E-state index is 8.41. The highest BCUT2D eigenvalue weighted by molar-refractivity contribution is 6.31. The lowest BCUT2D eigenvalue weighted by atomic mass is 10.2. The Labute approximate surface area is 116 Å². The van der Waals surface area contributed by atoms with Gasteiger partial charge in [0.15, 0.2) is 0 Å². The zero-order chi connectivity index (χ0) is 14.4. The summed E-state index contributed by atoms with van der Waals surface area (Å²) in [6.07, 6.45) is 0. The molecule has 0 saturated heterocycles. The number of benzene rings is 1. The molecule has 0 saturated carbocycles. The molecule has 0 fully saturated rings. The van der Waals surface area contributed by atoms with Crippen LogP contribution in [0.4, 0.5) is 0 Å². The van der Waals surface area contributed by atoms with E-state index in [0.29, 0.717) is 11.6 Å². The zero-order valence-corrected chi connectivity index (χ0v) is 12.4. The minimum atomic E-state index is -0.572. The molecule has 1 rings (SSSR count). The second kappa shape index (κ2) is 14.0. The second-order valence-corrected chi connectivity index (χ2v) is 3.25. The first-order valence-corrected chi connectivity index (χ1v) is 6.58. The molecule has 0 radical (unpaired) electrons. The lowest BCUT2D eigenvalue weighted by molar-refractivity contribution is 0.117. The molecule has 1 aromatic rings. The maximum atomic E-state index is 8.41. The lowest BCUT2D eigenvalue weighted by Gasteiger charge is -2.06. The van der Waals surface area contributed by atoms with Gasteiger partial charge in [0.25, 0.3) is 0 Å². The van der Waals surface area contributed by atoms with Crippen molar-refractivity contribution in [3.8, 4) is 6.07 Å². The van der Waals surface area contributed by atoms with Gasteiger partial charge in [0.2, 0.25) is 0 Å². The van der Waals surface area contributed by atoms with Crippen LogP contribution >= 0.6 is 11.6 Å². The predicted molar refractivity (Wildman–Crippen MR) is 77.4 cm³/mol. The normalized spacial score (nSPS) is 10.1. The molecule has 4 heteroatoms. The SMILES string of the molecule is CC.CC.N#CC(N)COCc1ccccc1Cl. The van der Waals surface area contributed by atoms with E-state index < -0.39 is 6.04 Å². The molecule has 0 heterocycles. The highest BCUT2D eigenvalue weighted by Crippen LogP contribution is 2.15. The molecule has 18 heavy (non-hydrogen) atoms. The molecular formula is C14H23ClN2O. The summed E-state index contributed by atoms with van der Waals surface area (Å²) in [6.45, 7) is 8.61. The fourth-order valence-corrected chi connectivity index (χ4v) is 1.14. The van der Waals surface area contributed by atoms with Crippen molar-refractivity contribution in [2.24, 2.45) is 5.73 Å². The molecule has 0 aromatic heterocycles. The van der Waals surface area contributed by atoms with Crippen LogP contribution < -0.4 is 5.73 Å². The third-order valence-electron chi connectivity index (χ3n) is 1.68. The van der Waals surface area contributed by atoms with Gasteiger partial charge in [0.05, 0.1) is 19.3 Å². The summed E-state index contributed by atoms with van der Waals surface area (Å²) in [4.78, 5) is 0. The van der Waals surface area contributed by atoms with Crippen LogP contribution in [0, 0.1) is 11.3 Å². The van der Waals surface area contributed by atoms with Crippen molar-refractivity contribution in [3.05, 3.63) is 34.9 Å². The van der Waals surface area contributed by atoms with Gasteiger partial charge in [-0.1, -0.05) is 57.5 Å². The van der Waals surface area contributed by atoms with E-state index in [-0.39, 0.29) is 6.61 Å². The van der Waals surface area contributed by atoms with E-state index in [0.717, 1.165) is 5.56 Å². The standard InChI is InChI=1S/C10H11ClN2O.2C2H6/c11-10-4-2-1-3-8(10)6-14-7-9(13)5-12;2*1-2/h1-4,9H,6-7,13H2;2*1-2H3. The first kappa shape index (κ1) is 19.3. The van der Waals surface area contributed by atoms with Crippen LogP contribution in [-0.4, -0.2) is 12.6 Å². The van der Waals surface area contributed by atoms with Crippen LogP contribution in [0.5, 0.6) is 0 Å². The van der Waals surface area contributed by atoms with Gasteiger partial charge in [0, 0.05) is 5.02 Å². The quantitative estimate of drug-likeness (QED) is 0.906. The second-order valence-electron chi connectivity index (χ2n) is 2.84.